The molecule has 6 heteroatoms. The molecule has 2 aromatic heterocycles. The molecule has 0 spiro atoms. The van der Waals surface area contributed by atoms with Crippen molar-refractivity contribution in [3.8, 4) is 5.69 Å². The van der Waals surface area contributed by atoms with Crippen LogP contribution in [0.25, 0.3) is 16.7 Å². The Morgan fingerprint density at radius 2 is 1.87 bits per heavy atom. The molecule has 114 valence electrons. The van der Waals surface area contributed by atoms with E-state index in [0.29, 0.717) is 4.47 Å². The molecule has 4 rings (SSSR count). The van der Waals surface area contributed by atoms with Gasteiger partial charge in [-0.1, -0.05) is 23.7 Å². The summed E-state index contributed by atoms with van der Waals surface area (Å²) in [5.41, 5.74) is 4.25. The molecular weight excluding hydrogens is 328 g/mol. The van der Waals surface area contributed by atoms with Crippen LogP contribution in [-0.2, 0) is 6.54 Å². The van der Waals surface area contributed by atoms with E-state index in [1.807, 2.05) is 24.5 Å². The first-order valence-electron chi connectivity index (χ1n) is 7.16. The van der Waals surface area contributed by atoms with Crippen LogP contribution >= 0.6 is 22.9 Å². The van der Waals surface area contributed by atoms with Gasteiger partial charge in [0.1, 0.15) is 6.33 Å². The summed E-state index contributed by atoms with van der Waals surface area (Å²) in [6.07, 6.45) is 3.65. The SMILES string of the molecule is Clc1ncc(CNc2ccc(-n3cnc4ccccc43)cc2)s1. The van der Waals surface area contributed by atoms with E-state index in [2.05, 4.69) is 50.2 Å². The lowest BCUT2D eigenvalue weighted by atomic mass is 10.2. The predicted molar refractivity (Wildman–Crippen MR) is 95.5 cm³/mol. The average molecular weight is 341 g/mol. The maximum atomic E-state index is 5.84. The summed E-state index contributed by atoms with van der Waals surface area (Å²) in [5.74, 6) is 0. The molecule has 0 radical (unpaired) electrons. The second-order valence-electron chi connectivity index (χ2n) is 5.08. The number of thiazole rings is 1. The molecule has 2 aromatic carbocycles. The van der Waals surface area contributed by atoms with E-state index in [-0.39, 0.29) is 0 Å². The number of hydrogen-bond acceptors (Lipinski definition) is 4. The predicted octanol–water partition coefficient (Wildman–Crippen LogP) is 4.75. The van der Waals surface area contributed by atoms with Gasteiger partial charge in [0.25, 0.3) is 0 Å². The zero-order valence-corrected chi connectivity index (χ0v) is 13.7. The summed E-state index contributed by atoms with van der Waals surface area (Å²) < 4.78 is 2.66. The van der Waals surface area contributed by atoms with Crippen LogP contribution in [0, 0.1) is 0 Å². The number of anilines is 1. The molecule has 0 saturated carbocycles. The smallest absolute Gasteiger partial charge is 0.183 e. The van der Waals surface area contributed by atoms with Crippen molar-refractivity contribution in [3.05, 3.63) is 70.4 Å². The minimum atomic E-state index is 0.573. The van der Waals surface area contributed by atoms with Gasteiger partial charge in [-0.15, -0.1) is 11.3 Å². The summed E-state index contributed by atoms with van der Waals surface area (Å²) in [7, 11) is 0. The van der Waals surface area contributed by atoms with E-state index < -0.39 is 0 Å². The van der Waals surface area contributed by atoms with Crippen molar-refractivity contribution in [2.75, 3.05) is 5.32 Å². The molecular formula is C17H13ClN4S. The molecule has 0 unspecified atom stereocenters. The molecule has 0 amide bonds. The number of rotatable bonds is 4. The first kappa shape index (κ1) is 14.2. The minimum absolute atomic E-state index is 0.573. The van der Waals surface area contributed by atoms with Crippen molar-refractivity contribution in [2.24, 2.45) is 0 Å². The number of aromatic nitrogens is 3. The molecule has 23 heavy (non-hydrogen) atoms. The largest absolute Gasteiger partial charge is 0.380 e. The molecule has 0 atom stereocenters. The highest BCUT2D eigenvalue weighted by molar-refractivity contribution is 7.15. The average Bonchev–Trinajstić information content (AvgIpc) is 3.20. The first-order valence-corrected chi connectivity index (χ1v) is 8.36. The highest BCUT2D eigenvalue weighted by Crippen LogP contribution is 2.21. The molecule has 0 saturated heterocycles. The number of nitrogens with one attached hydrogen (secondary N) is 1. The number of imidazole rings is 1. The van der Waals surface area contributed by atoms with Gasteiger partial charge < -0.3 is 5.32 Å². The third kappa shape index (κ3) is 2.93. The molecule has 0 aliphatic carbocycles. The number of benzene rings is 2. The van der Waals surface area contributed by atoms with Gasteiger partial charge in [-0.2, -0.15) is 0 Å². The normalized spacial score (nSPS) is 11.0. The Balaban J connectivity index is 1.53. The van der Waals surface area contributed by atoms with Crippen molar-refractivity contribution in [2.45, 2.75) is 6.54 Å². The fraction of sp³-hybridized carbons (Fsp3) is 0.0588. The quantitative estimate of drug-likeness (QED) is 0.583. The van der Waals surface area contributed by atoms with E-state index in [1.54, 1.807) is 6.20 Å². The van der Waals surface area contributed by atoms with Gasteiger partial charge in [0.05, 0.1) is 17.6 Å². The van der Waals surface area contributed by atoms with Gasteiger partial charge in [-0.3, -0.25) is 4.57 Å². The second-order valence-corrected chi connectivity index (χ2v) is 6.78. The maximum absolute atomic E-state index is 5.84. The third-order valence-corrected chi connectivity index (χ3v) is 4.71. The summed E-state index contributed by atoms with van der Waals surface area (Å²) in [6, 6.07) is 16.4. The number of fused-ring (bicyclic) bond motifs is 1. The Labute approximate surface area is 142 Å². The Morgan fingerprint density at radius 1 is 1.04 bits per heavy atom. The lowest BCUT2D eigenvalue weighted by Crippen LogP contribution is -1.98. The van der Waals surface area contributed by atoms with E-state index in [4.69, 9.17) is 11.6 Å². The summed E-state index contributed by atoms with van der Waals surface area (Å²) >= 11 is 7.33. The fourth-order valence-electron chi connectivity index (χ4n) is 2.46. The molecule has 4 aromatic rings. The number of hydrogen-bond donors (Lipinski definition) is 1. The van der Waals surface area contributed by atoms with Crippen molar-refractivity contribution in [1.82, 2.24) is 14.5 Å². The highest BCUT2D eigenvalue weighted by atomic mass is 35.5. The number of halogens is 1. The molecule has 2 heterocycles. The van der Waals surface area contributed by atoms with Crippen molar-refractivity contribution in [1.29, 1.82) is 0 Å². The molecule has 4 nitrogen and oxygen atoms in total. The van der Waals surface area contributed by atoms with Crippen LogP contribution in [0.2, 0.25) is 4.47 Å². The van der Waals surface area contributed by atoms with Crippen LogP contribution in [-0.4, -0.2) is 14.5 Å². The van der Waals surface area contributed by atoms with Crippen LogP contribution in [0.4, 0.5) is 5.69 Å². The summed E-state index contributed by atoms with van der Waals surface area (Å²) in [5, 5.41) is 3.37. The Kier molecular flexibility index (Phi) is 3.73. The zero-order valence-electron chi connectivity index (χ0n) is 12.1. The Hall–Kier alpha value is -2.37. The summed E-state index contributed by atoms with van der Waals surface area (Å²) in [4.78, 5) is 9.58. The Bertz CT molecular complexity index is 943. The molecule has 0 bridgehead atoms. The lowest BCUT2D eigenvalue weighted by molar-refractivity contribution is 1.09. The van der Waals surface area contributed by atoms with E-state index >= 15 is 0 Å². The van der Waals surface area contributed by atoms with Crippen LogP contribution in [0.15, 0.2) is 61.1 Å². The van der Waals surface area contributed by atoms with E-state index in [0.717, 1.165) is 33.8 Å². The van der Waals surface area contributed by atoms with Gasteiger partial charge in [-0.25, -0.2) is 9.97 Å². The van der Waals surface area contributed by atoms with Crippen LogP contribution in [0.3, 0.4) is 0 Å². The van der Waals surface area contributed by atoms with Crippen molar-refractivity contribution in [3.63, 3.8) is 0 Å². The fourth-order valence-corrected chi connectivity index (χ4v) is 3.38. The molecule has 0 aliphatic rings. The number of nitrogens with zero attached hydrogens (tertiary/aromatic N) is 3. The monoisotopic (exact) mass is 340 g/mol. The number of para-hydroxylation sites is 2. The van der Waals surface area contributed by atoms with Crippen LogP contribution < -0.4 is 5.32 Å². The van der Waals surface area contributed by atoms with Crippen LogP contribution in [0.1, 0.15) is 4.88 Å². The van der Waals surface area contributed by atoms with Gasteiger partial charge in [0, 0.05) is 22.4 Å². The zero-order chi connectivity index (χ0) is 15.6. The van der Waals surface area contributed by atoms with Gasteiger partial charge in [-0.05, 0) is 36.4 Å². The van der Waals surface area contributed by atoms with Gasteiger partial charge >= 0.3 is 0 Å². The van der Waals surface area contributed by atoms with Crippen molar-refractivity contribution < 1.29 is 0 Å². The van der Waals surface area contributed by atoms with E-state index in [1.165, 1.54) is 11.3 Å². The van der Waals surface area contributed by atoms with Gasteiger partial charge in [0.15, 0.2) is 4.47 Å². The van der Waals surface area contributed by atoms with Gasteiger partial charge in [0.2, 0.25) is 0 Å². The molecule has 1 N–H and O–H groups in total. The van der Waals surface area contributed by atoms with E-state index in [9.17, 15) is 0 Å². The standard InChI is InChI=1S/C17H13ClN4S/c18-17-20-10-14(23-17)9-19-12-5-7-13(8-6-12)22-11-21-15-3-1-2-4-16(15)22/h1-8,10-11,19H,9H2. The minimum Gasteiger partial charge on any atom is -0.380 e. The third-order valence-electron chi connectivity index (χ3n) is 3.59. The molecule has 0 fully saturated rings. The maximum Gasteiger partial charge on any atom is 0.183 e. The highest BCUT2D eigenvalue weighted by Gasteiger charge is 2.04. The lowest BCUT2D eigenvalue weighted by Gasteiger charge is -2.08. The van der Waals surface area contributed by atoms with Crippen LogP contribution in [0.5, 0.6) is 0 Å². The first-order chi connectivity index (χ1) is 11.3. The Morgan fingerprint density at radius 3 is 2.65 bits per heavy atom. The second kappa shape index (κ2) is 6.02. The van der Waals surface area contributed by atoms with Crippen molar-refractivity contribution >= 4 is 39.7 Å². The summed E-state index contributed by atoms with van der Waals surface area (Å²) in [6.45, 7) is 0.720. The molecule has 0 aliphatic heterocycles. The topological polar surface area (TPSA) is 42.7 Å².